The minimum Gasteiger partial charge on any atom is -0.338 e. The number of carbonyl (C=O) groups excluding carboxylic acids is 1. The molecular weight excluding hydrogens is 439 g/mol. The molecule has 0 aliphatic carbocycles. The van der Waals surface area contributed by atoms with Crippen molar-refractivity contribution in [1.82, 2.24) is 15.0 Å². The van der Waals surface area contributed by atoms with Gasteiger partial charge >= 0.3 is 0 Å². The van der Waals surface area contributed by atoms with E-state index in [2.05, 4.69) is 36.3 Å². The summed E-state index contributed by atoms with van der Waals surface area (Å²) in [7, 11) is 0. The molecule has 0 saturated carbocycles. The van der Waals surface area contributed by atoms with Gasteiger partial charge in [0.05, 0.1) is 6.54 Å². The lowest BCUT2D eigenvalue weighted by atomic mass is 9.96. The van der Waals surface area contributed by atoms with Crippen molar-refractivity contribution >= 4 is 27.5 Å². The number of anilines is 1. The number of amides is 1. The molecule has 1 aliphatic heterocycles. The van der Waals surface area contributed by atoms with Crippen molar-refractivity contribution in [3.05, 3.63) is 64.7 Å². The molecule has 0 unspecified atom stereocenters. The molecule has 1 saturated heterocycles. The number of benzene rings is 2. The molecule has 4 rings (SSSR count). The standard InChI is InChI=1S/C21H20BrFN4O2/c22-16-3-7-18(8-4-16)24-21(28)15-9-11-27(12-10-15)13-19-25-20(26-29-19)14-1-5-17(23)6-2-14/h1-8,15H,9-13H2,(H,24,28). The van der Waals surface area contributed by atoms with E-state index in [1.165, 1.54) is 12.1 Å². The summed E-state index contributed by atoms with van der Waals surface area (Å²) in [5.41, 5.74) is 1.52. The van der Waals surface area contributed by atoms with Crippen molar-refractivity contribution in [3.63, 3.8) is 0 Å². The first-order chi connectivity index (χ1) is 14.1. The van der Waals surface area contributed by atoms with Gasteiger partial charge < -0.3 is 9.84 Å². The van der Waals surface area contributed by atoms with Gasteiger partial charge in [0, 0.05) is 21.6 Å². The maximum atomic E-state index is 13.0. The Kier molecular flexibility index (Phi) is 6.01. The summed E-state index contributed by atoms with van der Waals surface area (Å²) in [5.74, 6) is 0.714. The predicted molar refractivity (Wildman–Crippen MR) is 110 cm³/mol. The number of nitrogens with zero attached hydrogens (tertiary/aromatic N) is 3. The van der Waals surface area contributed by atoms with Gasteiger partial charge in [-0.15, -0.1) is 0 Å². The predicted octanol–water partition coefficient (Wildman–Crippen LogP) is 4.49. The molecular formula is C21H20BrFN4O2. The molecule has 0 atom stereocenters. The van der Waals surface area contributed by atoms with E-state index >= 15 is 0 Å². The van der Waals surface area contributed by atoms with Crippen LogP contribution in [0.2, 0.25) is 0 Å². The average molecular weight is 459 g/mol. The Balaban J connectivity index is 1.28. The number of piperidine rings is 1. The number of carbonyl (C=O) groups is 1. The first-order valence-electron chi connectivity index (χ1n) is 9.44. The second-order valence-electron chi connectivity index (χ2n) is 7.07. The van der Waals surface area contributed by atoms with E-state index in [4.69, 9.17) is 4.52 Å². The Labute approximate surface area is 176 Å². The fourth-order valence-corrected chi connectivity index (χ4v) is 3.62. The van der Waals surface area contributed by atoms with Crippen LogP contribution in [0.25, 0.3) is 11.4 Å². The summed E-state index contributed by atoms with van der Waals surface area (Å²) in [4.78, 5) is 19.1. The molecule has 6 nitrogen and oxygen atoms in total. The SMILES string of the molecule is O=C(Nc1ccc(Br)cc1)C1CCN(Cc2nc(-c3ccc(F)cc3)no2)CC1. The van der Waals surface area contributed by atoms with E-state index in [9.17, 15) is 9.18 Å². The van der Waals surface area contributed by atoms with Gasteiger partial charge in [0.25, 0.3) is 0 Å². The lowest BCUT2D eigenvalue weighted by Crippen LogP contribution is -2.37. The number of aromatic nitrogens is 2. The lowest BCUT2D eigenvalue weighted by Gasteiger charge is -2.30. The number of hydrogen-bond donors (Lipinski definition) is 1. The zero-order valence-corrected chi connectivity index (χ0v) is 17.2. The molecule has 8 heteroatoms. The highest BCUT2D eigenvalue weighted by Gasteiger charge is 2.26. The normalized spacial score (nSPS) is 15.4. The number of nitrogens with one attached hydrogen (secondary N) is 1. The monoisotopic (exact) mass is 458 g/mol. The van der Waals surface area contributed by atoms with E-state index in [0.29, 0.717) is 23.8 Å². The highest BCUT2D eigenvalue weighted by molar-refractivity contribution is 9.10. The summed E-state index contributed by atoms with van der Waals surface area (Å²) in [5, 5.41) is 6.96. The van der Waals surface area contributed by atoms with E-state index in [1.807, 2.05) is 24.3 Å². The Hall–Kier alpha value is -2.58. The smallest absolute Gasteiger partial charge is 0.241 e. The summed E-state index contributed by atoms with van der Waals surface area (Å²) >= 11 is 3.39. The fraction of sp³-hybridized carbons (Fsp3) is 0.286. The van der Waals surface area contributed by atoms with Gasteiger partial charge in [-0.25, -0.2) is 4.39 Å². The molecule has 29 heavy (non-hydrogen) atoms. The average Bonchev–Trinajstić information content (AvgIpc) is 3.19. The van der Waals surface area contributed by atoms with E-state index in [-0.39, 0.29) is 17.6 Å². The van der Waals surface area contributed by atoms with Crippen LogP contribution < -0.4 is 5.32 Å². The third-order valence-electron chi connectivity index (χ3n) is 5.00. The second-order valence-corrected chi connectivity index (χ2v) is 7.98. The summed E-state index contributed by atoms with van der Waals surface area (Å²) in [6, 6.07) is 13.6. The van der Waals surface area contributed by atoms with Crippen LogP contribution in [0, 0.1) is 11.7 Å². The number of likely N-dealkylation sites (tertiary alicyclic amines) is 1. The highest BCUT2D eigenvalue weighted by Crippen LogP contribution is 2.22. The number of rotatable bonds is 5. The van der Waals surface area contributed by atoms with Crippen LogP contribution in [-0.2, 0) is 11.3 Å². The lowest BCUT2D eigenvalue weighted by molar-refractivity contribution is -0.121. The van der Waals surface area contributed by atoms with Crippen molar-refractivity contribution in [3.8, 4) is 11.4 Å². The first kappa shape index (κ1) is 19.7. The zero-order valence-electron chi connectivity index (χ0n) is 15.6. The topological polar surface area (TPSA) is 71.3 Å². The van der Waals surface area contributed by atoms with Crippen molar-refractivity contribution in [1.29, 1.82) is 0 Å². The van der Waals surface area contributed by atoms with Crippen LogP contribution in [0.4, 0.5) is 10.1 Å². The fourth-order valence-electron chi connectivity index (χ4n) is 3.36. The zero-order chi connectivity index (χ0) is 20.2. The summed E-state index contributed by atoms with van der Waals surface area (Å²) < 4.78 is 19.4. The maximum absolute atomic E-state index is 13.0. The first-order valence-corrected chi connectivity index (χ1v) is 10.2. The van der Waals surface area contributed by atoms with Crippen molar-refractivity contribution in [2.75, 3.05) is 18.4 Å². The number of halogens is 2. The minimum atomic E-state index is -0.301. The third kappa shape index (κ3) is 5.07. The van der Waals surface area contributed by atoms with Crippen LogP contribution >= 0.6 is 15.9 Å². The quantitative estimate of drug-likeness (QED) is 0.609. The number of hydrogen-bond acceptors (Lipinski definition) is 5. The molecule has 1 aliphatic rings. The van der Waals surface area contributed by atoms with Crippen LogP contribution in [0.1, 0.15) is 18.7 Å². The molecule has 1 aromatic heterocycles. The molecule has 150 valence electrons. The van der Waals surface area contributed by atoms with Gasteiger partial charge in [0.2, 0.25) is 17.6 Å². The second kappa shape index (κ2) is 8.84. The molecule has 2 heterocycles. The van der Waals surface area contributed by atoms with E-state index in [0.717, 1.165) is 36.1 Å². The van der Waals surface area contributed by atoms with Gasteiger partial charge in [-0.2, -0.15) is 4.98 Å². The molecule has 2 aromatic carbocycles. The van der Waals surface area contributed by atoms with Crippen LogP contribution in [-0.4, -0.2) is 34.0 Å². The molecule has 0 radical (unpaired) electrons. The van der Waals surface area contributed by atoms with Crippen molar-refractivity contribution < 1.29 is 13.7 Å². The van der Waals surface area contributed by atoms with Gasteiger partial charge in [-0.3, -0.25) is 9.69 Å². The molecule has 0 bridgehead atoms. The largest absolute Gasteiger partial charge is 0.338 e. The van der Waals surface area contributed by atoms with Gasteiger partial charge in [-0.1, -0.05) is 21.1 Å². The molecule has 0 spiro atoms. The minimum absolute atomic E-state index is 0.00708. The Morgan fingerprint density at radius 1 is 1.14 bits per heavy atom. The van der Waals surface area contributed by atoms with Crippen molar-refractivity contribution in [2.24, 2.45) is 5.92 Å². The van der Waals surface area contributed by atoms with Gasteiger partial charge in [0.1, 0.15) is 5.82 Å². The Morgan fingerprint density at radius 2 is 1.83 bits per heavy atom. The van der Waals surface area contributed by atoms with Gasteiger partial charge in [-0.05, 0) is 74.5 Å². The molecule has 1 amide bonds. The Bertz CT molecular complexity index is 967. The van der Waals surface area contributed by atoms with Gasteiger partial charge in [0.15, 0.2) is 0 Å². The Morgan fingerprint density at radius 3 is 2.52 bits per heavy atom. The molecule has 3 aromatic rings. The molecule has 1 N–H and O–H groups in total. The third-order valence-corrected chi connectivity index (χ3v) is 5.53. The van der Waals surface area contributed by atoms with E-state index in [1.54, 1.807) is 12.1 Å². The van der Waals surface area contributed by atoms with Crippen LogP contribution in [0.5, 0.6) is 0 Å². The van der Waals surface area contributed by atoms with E-state index < -0.39 is 0 Å². The van der Waals surface area contributed by atoms with Crippen LogP contribution in [0.3, 0.4) is 0 Å². The van der Waals surface area contributed by atoms with Crippen molar-refractivity contribution in [2.45, 2.75) is 19.4 Å². The maximum Gasteiger partial charge on any atom is 0.241 e. The van der Waals surface area contributed by atoms with Crippen LogP contribution in [0.15, 0.2) is 57.5 Å². The molecule has 1 fully saturated rings. The summed E-state index contributed by atoms with van der Waals surface area (Å²) in [6.45, 7) is 2.11. The highest BCUT2D eigenvalue weighted by atomic mass is 79.9. The summed E-state index contributed by atoms with van der Waals surface area (Å²) in [6.07, 6.45) is 1.56.